The van der Waals surface area contributed by atoms with Gasteiger partial charge in [-0.05, 0) is 63.5 Å². The second kappa shape index (κ2) is 11.3. The summed E-state index contributed by atoms with van der Waals surface area (Å²) in [5.74, 6) is -2.74. The summed E-state index contributed by atoms with van der Waals surface area (Å²) in [7, 11) is 0. The first-order valence-corrected chi connectivity index (χ1v) is 14.0. The SMILES string of the molecule is C=CCCCOC(=O)[C@H]1[C@H]2C(=O)N(CCCO)C(C(=O)N(CC=C)c3c(C)cccc3C)C23CC(C)[C@]1(C)O3. The number of unbranched alkanes of at least 4 members (excludes halogenated alkanes) is 1. The lowest BCUT2D eigenvalue weighted by molar-refractivity contribution is -0.161. The maximum Gasteiger partial charge on any atom is 0.312 e. The minimum atomic E-state index is -1.17. The molecule has 3 heterocycles. The Labute approximate surface area is 231 Å². The highest BCUT2D eigenvalue weighted by Crippen LogP contribution is 2.65. The Kier molecular flexibility index (Phi) is 8.38. The smallest absolute Gasteiger partial charge is 0.312 e. The number of carbonyl (C=O) groups excluding carboxylic acids is 3. The van der Waals surface area contributed by atoms with Crippen molar-refractivity contribution < 1.29 is 29.0 Å². The van der Waals surface area contributed by atoms with Gasteiger partial charge >= 0.3 is 5.97 Å². The number of hydrogen-bond donors (Lipinski definition) is 1. The van der Waals surface area contributed by atoms with Crippen molar-refractivity contribution in [2.75, 3.05) is 31.2 Å². The van der Waals surface area contributed by atoms with Gasteiger partial charge in [0.25, 0.3) is 5.91 Å². The second-order valence-corrected chi connectivity index (χ2v) is 11.4. The number of aliphatic hydroxyl groups excluding tert-OH is 1. The summed E-state index contributed by atoms with van der Waals surface area (Å²) in [6, 6.07) is 4.91. The third-order valence-electron chi connectivity index (χ3n) is 8.94. The number of anilines is 1. The minimum Gasteiger partial charge on any atom is -0.465 e. The number of para-hydroxylation sites is 1. The van der Waals surface area contributed by atoms with E-state index in [1.165, 1.54) is 0 Å². The van der Waals surface area contributed by atoms with Crippen LogP contribution in [0.25, 0.3) is 0 Å². The van der Waals surface area contributed by atoms with Crippen molar-refractivity contribution in [3.05, 3.63) is 54.6 Å². The van der Waals surface area contributed by atoms with Gasteiger partial charge in [0.05, 0.1) is 18.1 Å². The van der Waals surface area contributed by atoms with E-state index in [0.29, 0.717) is 19.3 Å². The standard InChI is InChI=1S/C31H42N2O6/c1-7-9-10-18-38-29(37)24-23-27(35)33(16-12-17-34)26(31(23)19-22(5)30(24,6)39-31)28(36)32(15-8-2)25-20(3)13-11-14-21(25)4/h7-8,11,13-14,22-24,26,34H,1-2,9-10,12,15-19H2,3-6H3/t22?,23-,24+,26?,30-,31?/m0/s1. The highest BCUT2D eigenvalue weighted by atomic mass is 16.6. The van der Waals surface area contributed by atoms with Crippen LogP contribution in [0.4, 0.5) is 5.69 Å². The number of rotatable bonds is 12. The quantitative estimate of drug-likeness (QED) is 0.248. The van der Waals surface area contributed by atoms with Crippen molar-refractivity contribution >= 4 is 23.5 Å². The van der Waals surface area contributed by atoms with E-state index in [1.807, 2.05) is 45.9 Å². The zero-order valence-electron chi connectivity index (χ0n) is 23.7. The number of aryl methyl sites for hydroxylation is 2. The molecule has 0 aromatic heterocycles. The molecule has 0 saturated carbocycles. The van der Waals surface area contributed by atoms with E-state index in [-0.39, 0.29) is 44.0 Å². The fourth-order valence-corrected chi connectivity index (χ4v) is 7.15. The van der Waals surface area contributed by atoms with Gasteiger partial charge in [-0.25, -0.2) is 0 Å². The molecule has 2 bridgehead atoms. The summed E-state index contributed by atoms with van der Waals surface area (Å²) < 4.78 is 12.4. The Hall–Kier alpha value is -2.97. The van der Waals surface area contributed by atoms with E-state index in [4.69, 9.17) is 9.47 Å². The van der Waals surface area contributed by atoms with Crippen LogP contribution in [-0.2, 0) is 23.9 Å². The molecule has 3 fully saturated rings. The van der Waals surface area contributed by atoms with Crippen molar-refractivity contribution in [3.63, 3.8) is 0 Å². The second-order valence-electron chi connectivity index (χ2n) is 11.4. The van der Waals surface area contributed by atoms with Crippen molar-refractivity contribution in [2.45, 2.75) is 70.6 Å². The van der Waals surface area contributed by atoms with Crippen molar-refractivity contribution in [3.8, 4) is 0 Å². The van der Waals surface area contributed by atoms with Gasteiger partial charge in [-0.3, -0.25) is 14.4 Å². The number of benzene rings is 1. The number of aliphatic hydroxyl groups is 1. The molecule has 3 unspecified atom stereocenters. The zero-order valence-corrected chi connectivity index (χ0v) is 23.7. The zero-order chi connectivity index (χ0) is 28.5. The normalized spacial score (nSPS) is 30.8. The largest absolute Gasteiger partial charge is 0.465 e. The molecule has 1 aromatic rings. The number of hydrogen-bond acceptors (Lipinski definition) is 6. The Morgan fingerprint density at radius 2 is 1.92 bits per heavy atom. The molecule has 4 rings (SSSR count). The number of allylic oxidation sites excluding steroid dienone is 1. The maximum atomic E-state index is 14.6. The van der Waals surface area contributed by atoms with Gasteiger partial charge in [0.15, 0.2) is 0 Å². The molecule has 1 aromatic carbocycles. The third-order valence-corrected chi connectivity index (χ3v) is 8.94. The molecule has 1 spiro atoms. The van der Waals surface area contributed by atoms with Crippen LogP contribution in [0.5, 0.6) is 0 Å². The highest BCUT2D eigenvalue weighted by Gasteiger charge is 2.80. The lowest BCUT2D eigenvalue weighted by atomic mass is 9.62. The van der Waals surface area contributed by atoms with Crippen molar-refractivity contribution in [1.29, 1.82) is 0 Å². The predicted octanol–water partition coefficient (Wildman–Crippen LogP) is 3.72. The molecule has 8 nitrogen and oxygen atoms in total. The van der Waals surface area contributed by atoms with Crippen LogP contribution < -0.4 is 4.90 Å². The number of esters is 1. The molecule has 0 radical (unpaired) electrons. The Morgan fingerprint density at radius 1 is 1.23 bits per heavy atom. The Bertz CT molecular complexity index is 1130. The average molecular weight is 539 g/mol. The number of ether oxygens (including phenoxy) is 2. The highest BCUT2D eigenvalue weighted by molar-refractivity contribution is 6.05. The molecule has 3 saturated heterocycles. The molecule has 2 amide bonds. The first-order chi connectivity index (χ1) is 18.6. The maximum absolute atomic E-state index is 14.6. The molecule has 3 aliphatic heterocycles. The first-order valence-electron chi connectivity index (χ1n) is 14.0. The van der Waals surface area contributed by atoms with Crippen LogP contribution in [0.15, 0.2) is 43.5 Å². The van der Waals surface area contributed by atoms with Gasteiger partial charge < -0.3 is 24.4 Å². The van der Waals surface area contributed by atoms with E-state index in [1.54, 1.807) is 22.0 Å². The summed E-state index contributed by atoms with van der Waals surface area (Å²) in [6.07, 6.45) is 5.60. The monoisotopic (exact) mass is 538 g/mol. The van der Waals surface area contributed by atoms with Crippen LogP contribution in [-0.4, -0.2) is 71.3 Å². The van der Waals surface area contributed by atoms with E-state index < -0.39 is 35.0 Å². The lowest BCUT2D eigenvalue weighted by Gasteiger charge is -2.38. The van der Waals surface area contributed by atoms with Gasteiger partial charge in [-0.1, -0.05) is 37.3 Å². The lowest BCUT2D eigenvalue weighted by Crippen LogP contribution is -2.57. The van der Waals surface area contributed by atoms with Crippen LogP contribution in [0.3, 0.4) is 0 Å². The molecule has 3 aliphatic rings. The number of amides is 2. The summed E-state index contributed by atoms with van der Waals surface area (Å²) in [5.41, 5.74) is 0.548. The molecular formula is C31H42N2O6. The molecule has 8 heteroatoms. The van der Waals surface area contributed by atoms with Crippen LogP contribution >= 0.6 is 0 Å². The first kappa shape index (κ1) is 29.0. The molecule has 6 atom stereocenters. The molecule has 0 aliphatic carbocycles. The summed E-state index contributed by atoms with van der Waals surface area (Å²) in [5, 5.41) is 9.62. The molecule has 1 N–H and O–H groups in total. The predicted molar refractivity (Wildman–Crippen MR) is 149 cm³/mol. The van der Waals surface area contributed by atoms with Gasteiger partial charge in [0, 0.05) is 25.4 Å². The fraction of sp³-hybridized carbons (Fsp3) is 0.581. The van der Waals surface area contributed by atoms with Crippen molar-refractivity contribution in [2.24, 2.45) is 17.8 Å². The molecule has 39 heavy (non-hydrogen) atoms. The van der Waals surface area contributed by atoms with Gasteiger partial charge in [0.2, 0.25) is 5.91 Å². The number of carbonyl (C=O) groups is 3. The van der Waals surface area contributed by atoms with E-state index in [9.17, 15) is 19.5 Å². The topological polar surface area (TPSA) is 96.4 Å². The average Bonchev–Trinajstić information content (AvgIpc) is 3.40. The van der Waals surface area contributed by atoms with Gasteiger partial charge in [-0.15, -0.1) is 13.2 Å². The van der Waals surface area contributed by atoms with Gasteiger partial charge in [0.1, 0.15) is 17.6 Å². The van der Waals surface area contributed by atoms with Crippen molar-refractivity contribution in [1.82, 2.24) is 4.90 Å². The minimum absolute atomic E-state index is 0.0755. The van der Waals surface area contributed by atoms with Crippen LogP contribution in [0, 0.1) is 31.6 Å². The van der Waals surface area contributed by atoms with E-state index in [0.717, 1.165) is 23.2 Å². The van der Waals surface area contributed by atoms with Crippen LogP contribution in [0.1, 0.15) is 50.7 Å². The molecule has 212 valence electrons. The number of likely N-dealkylation sites (tertiary alicyclic amines) is 1. The number of fused-ring (bicyclic) bond motifs is 1. The summed E-state index contributed by atoms with van der Waals surface area (Å²) in [4.78, 5) is 45.5. The Balaban J connectivity index is 1.79. The number of nitrogens with zero attached hydrogens (tertiary/aromatic N) is 2. The molecular weight excluding hydrogens is 496 g/mol. The van der Waals surface area contributed by atoms with E-state index >= 15 is 0 Å². The fourth-order valence-electron chi connectivity index (χ4n) is 7.15. The van der Waals surface area contributed by atoms with Gasteiger partial charge in [-0.2, -0.15) is 0 Å². The summed E-state index contributed by atoms with van der Waals surface area (Å²) >= 11 is 0. The van der Waals surface area contributed by atoms with E-state index in [2.05, 4.69) is 13.2 Å². The Morgan fingerprint density at radius 3 is 2.54 bits per heavy atom. The third kappa shape index (κ3) is 4.61. The van der Waals surface area contributed by atoms with Crippen LogP contribution in [0.2, 0.25) is 0 Å². The summed E-state index contributed by atoms with van der Waals surface area (Å²) in [6.45, 7) is 15.9.